The highest BCUT2D eigenvalue weighted by Gasteiger charge is 2.30. The van der Waals surface area contributed by atoms with Crippen molar-refractivity contribution in [1.82, 2.24) is 20.9 Å². The fourth-order valence-electron chi connectivity index (χ4n) is 6.58. The molecule has 0 aliphatic rings. The van der Waals surface area contributed by atoms with Crippen LogP contribution in [0.3, 0.4) is 0 Å². The molecule has 0 heterocycles. The number of urea groups is 3. The highest BCUT2D eigenvalue weighted by molar-refractivity contribution is 5.90. The summed E-state index contributed by atoms with van der Waals surface area (Å²) >= 11 is 0. The van der Waals surface area contributed by atoms with Gasteiger partial charge in [0, 0.05) is 39.3 Å². The highest BCUT2D eigenvalue weighted by Crippen LogP contribution is 2.29. The van der Waals surface area contributed by atoms with Gasteiger partial charge in [-0.1, -0.05) is 53.4 Å². The zero-order valence-electron chi connectivity index (χ0n) is 38.4. The van der Waals surface area contributed by atoms with Crippen molar-refractivity contribution < 1.29 is 89.4 Å². The third kappa shape index (κ3) is 17.3. The molecule has 27 heteroatoms. The van der Waals surface area contributed by atoms with Crippen LogP contribution in [0.4, 0.5) is 97.3 Å². The zero-order chi connectivity index (χ0) is 52.2. The van der Waals surface area contributed by atoms with Crippen LogP contribution in [0.25, 0.3) is 0 Å². The molecule has 0 saturated heterocycles. The first-order valence-corrected chi connectivity index (χ1v) is 21.8. The summed E-state index contributed by atoms with van der Waals surface area (Å²) in [6.45, 7) is 12.1. The van der Waals surface area contributed by atoms with Crippen molar-refractivity contribution in [1.29, 1.82) is 0 Å². The maximum absolute atomic E-state index is 13.9. The number of unbranched alkanes of at least 4 members (excludes halogenated alkanes) is 4. The number of nitrogens with one attached hydrogen (secondary N) is 6. The molecule has 6 amide bonds. The number of hydrogen-bond donors (Lipinski definition) is 6. The molecular weight excluding hydrogens is 980 g/mol. The van der Waals surface area contributed by atoms with Crippen LogP contribution >= 0.6 is 0 Å². The van der Waals surface area contributed by atoms with Gasteiger partial charge in [-0.25, -0.2) is 80.2 Å². The molecule has 3 aromatic rings. The number of benzene rings is 3. The number of halogens is 16. The summed E-state index contributed by atoms with van der Waals surface area (Å²) in [5, 5.41) is 10.0. The average molecular weight is 1030 g/mol. The number of nitrogens with zero attached hydrogens (tertiary/aromatic N) is 2. The van der Waals surface area contributed by atoms with Crippen LogP contribution < -0.4 is 36.6 Å². The van der Waals surface area contributed by atoms with Gasteiger partial charge < -0.3 is 41.1 Å². The van der Waals surface area contributed by atoms with Gasteiger partial charge in [-0.15, -0.1) is 0 Å². The minimum atomic E-state index is -2.51. The Bertz CT molecular complexity index is 1890. The van der Waals surface area contributed by atoms with Crippen LogP contribution in [-0.2, 0) is 0 Å². The van der Waals surface area contributed by atoms with Crippen LogP contribution in [0.5, 0.6) is 0 Å². The fourth-order valence-corrected chi connectivity index (χ4v) is 6.58. The van der Waals surface area contributed by atoms with Gasteiger partial charge in [0.1, 0.15) is 17.1 Å². The van der Waals surface area contributed by atoms with E-state index >= 15 is 0 Å². The second kappa shape index (κ2) is 30.1. The Kier molecular flexibility index (Phi) is 26.8. The van der Waals surface area contributed by atoms with Crippen LogP contribution in [0.2, 0.25) is 0 Å². The van der Waals surface area contributed by atoms with E-state index in [-0.39, 0.29) is 4.70 Å². The zero-order valence-corrected chi connectivity index (χ0v) is 38.4. The Morgan fingerprint density at radius 1 is 0.357 bits per heavy atom. The number of hydrogen-bond acceptors (Lipinski definition) is 4. The van der Waals surface area contributed by atoms with Gasteiger partial charge in [0.05, 0.1) is 26.2 Å². The lowest BCUT2D eigenvalue weighted by molar-refractivity contribution is -0.929. The van der Waals surface area contributed by atoms with E-state index in [0.29, 0.717) is 0 Å². The summed E-state index contributed by atoms with van der Waals surface area (Å²) in [5.41, 5.74) is -5.17. The summed E-state index contributed by atoms with van der Waals surface area (Å²) in [6, 6.07) is -4.57. The van der Waals surface area contributed by atoms with Crippen molar-refractivity contribution in [2.75, 3.05) is 81.4 Å². The summed E-state index contributed by atoms with van der Waals surface area (Å²) < 4.78 is 205. The molecule has 0 spiro atoms. The second-order valence-corrected chi connectivity index (χ2v) is 15.5. The van der Waals surface area contributed by atoms with Crippen molar-refractivity contribution >= 4 is 35.2 Å². The molecule has 70 heavy (non-hydrogen) atoms. The average Bonchev–Trinajstić information content (AvgIpc) is 3.33. The van der Waals surface area contributed by atoms with Gasteiger partial charge in [-0.2, -0.15) is 0 Å². The first-order chi connectivity index (χ1) is 32.5. The monoisotopic (exact) mass is 1030 g/mol. The minimum absolute atomic E-state index is 0. The molecule has 396 valence electrons. The van der Waals surface area contributed by atoms with E-state index in [4.69, 9.17) is 0 Å². The van der Waals surface area contributed by atoms with Gasteiger partial charge in [0.2, 0.25) is 17.5 Å². The van der Waals surface area contributed by atoms with Crippen molar-refractivity contribution in [2.24, 2.45) is 0 Å². The summed E-state index contributed by atoms with van der Waals surface area (Å²) in [7, 11) is 0. The van der Waals surface area contributed by atoms with E-state index < -0.39 is 162 Å². The number of amides is 6. The molecule has 11 nitrogen and oxygen atoms in total. The summed E-state index contributed by atoms with van der Waals surface area (Å²) in [5.74, 6) is -36.2. The van der Waals surface area contributed by atoms with E-state index in [1.165, 1.54) is 98.0 Å². The third-order valence-electron chi connectivity index (χ3n) is 10.4. The molecule has 0 fully saturated rings. The largest absolute Gasteiger partial charge is 1.00 e. The normalized spacial score (nSPS) is 11.1. The number of carbonyl (C=O) groups excluding carboxylic acids is 3. The minimum Gasteiger partial charge on any atom is -1.00 e. The molecule has 0 bridgehead atoms. The second-order valence-electron chi connectivity index (χ2n) is 15.5. The van der Waals surface area contributed by atoms with Crippen LogP contribution in [0.15, 0.2) is 0 Å². The Morgan fingerprint density at radius 2 is 0.543 bits per heavy atom. The molecule has 0 atom stereocenters. The van der Waals surface area contributed by atoms with E-state index in [1.807, 2.05) is 16.0 Å². The SMILES string of the molecule is CCCC[N+](CCCC)(CCCC)CCCC.O=C(NCCN(CCNC(=O)Nc1c(F)c(F)c(F)c(F)c1F)CCNC(=O)Nc1c(F)c(F)c(F)c(F)c1F)Nc1c(F)c(F)c(F)c(F)c1F.[F-]. The van der Waals surface area contributed by atoms with Gasteiger partial charge >= 0.3 is 18.1 Å². The molecule has 6 N–H and O–H groups in total. The number of anilines is 3. The molecule has 3 aromatic carbocycles. The van der Waals surface area contributed by atoms with Gasteiger partial charge in [-0.3, -0.25) is 4.90 Å². The van der Waals surface area contributed by atoms with Crippen LogP contribution in [0, 0.1) is 87.3 Å². The first-order valence-electron chi connectivity index (χ1n) is 21.8. The van der Waals surface area contributed by atoms with E-state index in [9.17, 15) is 80.2 Å². The smallest absolute Gasteiger partial charge is 0.319 e. The Hall–Kier alpha value is -5.73. The van der Waals surface area contributed by atoms with Crippen molar-refractivity contribution in [3.05, 3.63) is 87.3 Å². The summed E-state index contributed by atoms with van der Waals surface area (Å²) in [6.07, 6.45) is 11.1. The molecular formula is C43H54F16N8O3. The van der Waals surface area contributed by atoms with E-state index in [2.05, 4.69) is 27.7 Å². The molecule has 0 radical (unpaired) electrons. The molecule has 0 aliphatic carbocycles. The maximum atomic E-state index is 13.9. The predicted molar refractivity (Wildman–Crippen MR) is 226 cm³/mol. The Labute approximate surface area is 392 Å². The lowest BCUT2D eigenvalue weighted by Crippen LogP contribution is -3.00. The third-order valence-corrected chi connectivity index (χ3v) is 10.4. The maximum Gasteiger partial charge on any atom is 0.319 e. The fraction of sp³-hybridized carbons (Fsp3) is 0.512. The van der Waals surface area contributed by atoms with Crippen molar-refractivity contribution in [3.8, 4) is 0 Å². The molecule has 0 unspecified atom stereocenters. The Morgan fingerprint density at radius 3 is 0.729 bits per heavy atom. The standard InChI is InChI=1S/C27H18F15N7O3.C16H36N.FH/c28-7-10(31)16(37)22(17(38)11(7)32)46-25(50)43-1-4-49(5-2-44-26(51)47-23-18(39)12(33)8(29)13(34)19(23)40)6-3-45-27(52)48-24-20(41)14(35)9(30)15(36)21(24)42;1-5-9-13-17(14-10-6-2,15-11-7-3)16-12-8-4;/h1-6H2,(H2,43,46,50)(H2,44,47,51)(H2,45,48,52);5-16H2,1-4H3;1H/q;+1;/p-1. The van der Waals surface area contributed by atoms with E-state index in [1.54, 1.807) is 0 Å². The van der Waals surface area contributed by atoms with E-state index in [0.717, 1.165) is 4.90 Å². The lowest BCUT2D eigenvalue weighted by atomic mass is 10.1. The lowest BCUT2D eigenvalue weighted by Gasteiger charge is -2.39. The van der Waals surface area contributed by atoms with Crippen LogP contribution in [0.1, 0.15) is 79.1 Å². The van der Waals surface area contributed by atoms with Crippen molar-refractivity contribution in [2.45, 2.75) is 79.1 Å². The molecule has 3 rings (SSSR count). The summed E-state index contributed by atoms with van der Waals surface area (Å²) in [4.78, 5) is 37.4. The number of quaternary nitrogens is 1. The molecule has 0 aromatic heterocycles. The highest BCUT2D eigenvalue weighted by atomic mass is 19.2. The first kappa shape index (κ1) is 62.3. The van der Waals surface area contributed by atoms with Gasteiger partial charge in [-0.05, 0) is 25.7 Å². The topological polar surface area (TPSA) is 127 Å². The quantitative estimate of drug-likeness (QED) is 0.0237. The molecule has 0 saturated carbocycles. The number of carbonyl (C=O) groups is 3. The van der Waals surface area contributed by atoms with Crippen molar-refractivity contribution in [3.63, 3.8) is 0 Å². The van der Waals surface area contributed by atoms with Crippen LogP contribution in [-0.4, -0.2) is 92.9 Å². The van der Waals surface area contributed by atoms with Gasteiger partial charge in [0.25, 0.3) is 0 Å². The predicted octanol–water partition coefficient (Wildman–Crippen LogP) is 7.85. The molecule has 0 aliphatic heterocycles. The van der Waals surface area contributed by atoms with Gasteiger partial charge in [0.15, 0.2) is 69.8 Å². The number of rotatable bonds is 24. The Balaban J connectivity index is 0.00000116.